The Kier molecular flexibility index (Phi) is 7.53. The Morgan fingerprint density at radius 3 is 2.76 bits per heavy atom. The first-order valence-corrected chi connectivity index (χ1v) is 11.8. The minimum absolute atomic E-state index is 0.370. The molecule has 9 nitrogen and oxygen atoms in total. The third kappa shape index (κ3) is 5.88. The number of thioether (sulfide) groups is 1. The number of nitrogens with one attached hydrogen (secondary N) is 3. The van der Waals surface area contributed by atoms with E-state index in [0.29, 0.717) is 33.8 Å². The minimum Gasteiger partial charge on any atom is -0.497 e. The molecule has 0 spiro atoms. The van der Waals surface area contributed by atoms with Crippen LogP contribution in [0.4, 0.5) is 11.5 Å². The van der Waals surface area contributed by atoms with E-state index >= 15 is 0 Å². The SMILES string of the molecule is CCCSc1nc(NNC(=S)Nc2cccc(OC)c2)c2nnn(Cc3ccccc3)c2n1. The summed E-state index contributed by atoms with van der Waals surface area (Å²) >= 11 is 7.00. The fourth-order valence-electron chi connectivity index (χ4n) is 3.02. The van der Waals surface area contributed by atoms with Gasteiger partial charge >= 0.3 is 0 Å². The van der Waals surface area contributed by atoms with Gasteiger partial charge in [-0.1, -0.05) is 60.3 Å². The lowest BCUT2D eigenvalue weighted by Crippen LogP contribution is -2.33. The molecule has 0 saturated carbocycles. The highest BCUT2D eigenvalue weighted by Crippen LogP contribution is 2.23. The van der Waals surface area contributed by atoms with Gasteiger partial charge in [0.1, 0.15) is 5.75 Å². The molecule has 11 heteroatoms. The highest BCUT2D eigenvalue weighted by Gasteiger charge is 2.16. The van der Waals surface area contributed by atoms with Crippen LogP contribution in [0.5, 0.6) is 5.75 Å². The average Bonchev–Trinajstić information content (AvgIpc) is 3.24. The second-order valence-electron chi connectivity index (χ2n) is 7.04. The molecule has 0 unspecified atom stereocenters. The second kappa shape index (κ2) is 10.9. The summed E-state index contributed by atoms with van der Waals surface area (Å²) in [6.45, 7) is 2.69. The van der Waals surface area contributed by atoms with Gasteiger partial charge in [-0.25, -0.2) is 14.6 Å². The largest absolute Gasteiger partial charge is 0.497 e. The molecule has 0 aliphatic rings. The van der Waals surface area contributed by atoms with Crippen LogP contribution >= 0.6 is 24.0 Å². The van der Waals surface area contributed by atoms with E-state index in [4.69, 9.17) is 21.9 Å². The number of ether oxygens (including phenoxy) is 1. The van der Waals surface area contributed by atoms with Crippen LogP contribution in [0.3, 0.4) is 0 Å². The summed E-state index contributed by atoms with van der Waals surface area (Å²) in [4.78, 5) is 9.32. The molecule has 2 aromatic carbocycles. The van der Waals surface area contributed by atoms with Crippen molar-refractivity contribution >= 4 is 51.8 Å². The summed E-state index contributed by atoms with van der Waals surface area (Å²) in [5, 5.41) is 12.8. The number of hydrogen-bond acceptors (Lipinski definition) is 8. The number of methoxy groups -OCH3 is 1. The van der Waals surface area contributed by atoms with Crippen molar-refractivity contribution in [3.8, 4) is 5.75 Å². The quantitative estimate of drug-likeness (QED) is 0.140. The van der Waals surface area contributed by atoms with Crippen molar-refractivity contribution in [2.75, 3.05) is 23.6 Å². The lowest BCUT2D eigenvalue weighted by Gasteiger charge is -2.13. The molecule has 4 aromatic rings. The smallest absolute Gasteiger partial charge is 0.191 e. The van der Waals surface area contributed by atoms with Crippen molar-refractivity contribution in [1.29, 1.82) is 0 Å². The normalized spacial score (nSPS) is 10.7. The van der Waals surface area contributed by atoms with Crippen molar-refractivity contribution in [2.45, 2.75) is 25.0 Å². The van der Waals surface area contributed by atoms with Gasteiger partial charge in [-0.3, -0.25) is 10.9 Å². The van der Waals surface area contributed by atoms with Gasteiger partial charge in [-0.15, -0.1) is 5.10 Å². The zero-order valence-electron chi connectivity index (χ0n) is 18.3. The molecule has 2 heterocycles. The number of hydrazine groups is 1. The molecule has 0 amide bonds. The fraction of sp³-hybridized carbons (Fsp3) is 0.227. The molecule has 2 aromatic heterocycles. The maximum absolute atomic E-state index is 5.42. The molecule has 0 fully saturated rings. The van der Waals surface area contributed by atoms with Gasteiger partial charge in [0.15, 0.2) is 27.3 Å². The Balaban J connectivity index is 1.54. The second-order valence-corrected chi connectivity index (χ2v) is 8.51. The van der Waals surface area contributed by atoms with Gasteiger partial charge in [-0.2, -0.15) is 0 Å². The predicted molar refractivity (Wildman–Crippen MR) is 136 cm³/mol. The van der Waals surface area contributed by atoms with Gasteiger partial charge in [0.2, 0.25) is 0 Å². The molecule has 0 aliphatic heterocycles. The summed E-state index contributed by atoms with van der Waals surface area (Å²) in [5.74, 6) is 2.16. The summed E-state index contributed by atoms with van der Waals surface area (Å²) in [5.41, 5.74) is 9.17. The molecule has 3 N–H and O–H groups in total. The number of hydrogen-bond donors (Lipinski definition) is 3. The Labute approximate surface area is 201 Å². The van der Waals surface area contributed by atoms with E-state index < -0.39 is 0 Å². The monoisotopic (exact) mass is 480 g/mol. The van der Waals surface area contributed by atoms with E-state index in [2.05, 4.69) is 38.4 Å². The molecule has 0 bridgehead atoms. The predicted octanol–water partition coefficient (Wildman–Crippen LogP) is 4.09. The topological polar surface area (TPSA) is 102 Å². The van der Waals surface area contributed by atoms with Gasteiger partial charge < -0.3 is 10.1 Å². The Bertz CT molecular complexity index is 1230. The van der Waals surface area contributed by atoms with Crippen LogP contribution in [0, 0.1) is 0 Å². The number of aromatic nitrogens is 5. The van der Waals surface area contributed by atoms with Crippen LogP contribution in [0.25, 0.3) is 11.2 Å². The number of thiocarbonyl (C=S) groups is 1. The number of anilines is 2. The van der Waals surface area contributed by atoms with Gasteiger partial charge in [-0.05, 0) is 36.3 Å². The molecule has 0 saturated heterocycles. The highest BCUT2D eigenvalue weighted by atomic mass is 32.2. The molecule has 0 radical (unpaired) electrons. The van der Waals surface area contributed by atoms with Crippen LogP contribution in [-0.4, -0.2) is 42.9 Å². The Morgan fingerprint density at radius 1 is 1.12 bits per heavy atom. The molecule has 4 rings (SSSR count). The summed E-state index contributed by atoms with van der Waals surface area (Å²) in [6, 6.07) is 17.6. The lowest BCUT2D eigenvalue weighted by atomic mass is 10.2. The van der Waals surface area contributed by atoms with E-state index in [-0.39, 0.29) is 0 Å². The zero-order valence-corrected chi connectivity index (χ0v) is 19.9. The van der Waals surface area contributed by atoms with E-state index in [1.807, 2.05) is 54.6 Å². The molecule has 33 heavy (non-hydrogen) atoms. The van der Waals surface area contributed by atoms with Gasteiger partial charge in [0.25, 0.3) is 0 Å². The van der Waals surface area contributed by atoms with Crippen molar-refractivity contribution < 1.29 is 4.74 Å². The van der Waals surface area contributed by atoms with Crippen LogP contribution in [0.2, 0.25) is 0 Å². The van der Waals surface area contributed by atoms with Gasteiger partial charge in [0, 0.05) is 17.5 Å². The van der Waals surface area contributed by atoms with Crippen molar-refractivity contribution in [3.05, 3.63) is 60.2 Å². The van der Waals surface area contributed by atoms with Gasteiger partial charge in [0.05, 0.1) is 13.7 Å². The summed E-state index contributed by atoms with van der Waals surface area (Å²) in [6.07, 6.45) is 1.02. The first kappa shape index (κ1) is 22.7. The Morgan fingerprint density at radius 2 is 1.97 bits per heavy atom. The maximum atomic E-state index is 5.42. The molecule has 0 aliphatic carbocycles. The van der Waals surface area contributed by atoms with E-state index in [1.54, 1.807) is 23.6 Å². The van der Waals surface area contributed by atoms with E-state index in [1.165, 1.54) is 0 Å². The van der Waals surface area contributed by atoms with Crippen LogP contribution in [0.15, 0.2) is 59.8 Å². The van der Waals surface area contributed by atoms with Crippen molar-refractivity contribution in [1.82, 2.24) is 30.4 Å². The third-order valence-corrected chi connectivity index (χ3v) is 5.83. The molecule has 0 atom stereocenters. The first-order valence-electron chi connectivity index (χ1n) is 10.4. The van der Waals surface area contributed by atoms with Crippen LogP contribution in [-0.2, 0) is 6.54 Å². The first-order chi connectivity index (χ1) is 16.2. The lowest BCUT2D eigenvalue weighted by molar-refractivity contribution is 0.415. The van der Waals surface area contributed by atoms with Crippen molar-refractivity contribution in [3.63, 3.8) is 0 Å². The minimum atomic E-state index is 0.370. The maximum Gasteiger partial charge on any atom is 0.191 e. The van der Waals surface area contributed by atoms with Crippen LogP contribution < -0.4 is 20.9 Å². The standard InChI is InChI=1S/C22H24N8OS2/c1-3-12-33-22-24-19(27-28-21(32)23-16-10-7-11-17(13-16)31-2)18-20(25-22)30(29-26-18)14-15-8-5-4-6-9-15/h4-11,13H,3,12,14H2,1-2H3,(H2,23,28,32)(H,24,25,27). The third-order valence-electron chi connectivity index (χ3n) is 4.57. The number of rotatable bonds is 9. The molecular weight excluding hydrogens is 456 g/mol. The number of benzene rings is 2. The van der Waals surface area contributed by atoms with Crippen molar-refractivity contribution in [2.24, 2.45) is 0 Å². The average molecular weight is 481 g/mol. The highest BCUT2D eigenvalue weighted by molar-refractivity contribution is 7.99. The summed E-state index contributed by atoms with van der Waals surface area (Å²) in [7, 11) is 1.62. The van der Waals surface area contributed by atoms with Crippen LogP contribution in [0.1, 0.15) is 18.9 Å². The molecular formula is C22H24N8OS2. The number of nitrogens with zero attached hydrogens (tertiary/aromatic N) is 5. The Hall–Kier alpha value is -3.44. The van der Waals surface area contributed by atoms with E-state index in [9.17, 15) is 0 Å². The zero-order chi connectivity index (χ0) is 23.0. The summed E-state index contributed by atoms with van der Waals surface area (Å²) < 4.78 is 7.03. The molecule has 170 valence electrons. The fourth-order valence-corrected chi connectivity index (χ4v) is 3.89. The van der Waals surface area contributed by atoms with E-state index in [0.717, 1.165) is 29.2 Å². The number of fused-ring (bicyclic) bond motifs is 1.